The van der Waals surface area contributed by atoms with Gasteiger partial charge in [0, 0.05) is 30.9 Å². The van der Waals surface area contributed by atoms with Crippen molar-refractivity contribution in [2.24, 2.45) is 0 Å². The fourth-order valence-electron chi connectivity index (χ4n) is 3.14. The molecule has 1 fully saturated rings. The maximum atomic E-state index is 12.2. The summed E-state index contributed by atoms with van der Waals surface area (Å²) in [5.74, 6) is 0.934. The van der Waals surface area contributed by atoms with Gasteiger partial charge in [0.05, 0.1) is 25.9 Å². The Kier molecular flexibility index (Phi) is 7.68. The van der Waals surface area contributed by atoms with Gasteiger partial charge in [-0.3, -0.25) is 9.69 Å². The molecule has 0 spiro atoms. The van der Waals surface area contributed by atoms with Crippen LogP contribution >= 0.6 is 11.3 Å². The highest BCUT2D eigenvalue weighted by atomic mass is 32.1. The number of hydrogen-bond acceptors (Lipinski definition) is 5. The second-order valence-corrected chi connectivity index (χ2v) is 7.73. The standard InChI is InChI=1S/C21H28N2O3S/c1-17-6-8-18(9-7-17)26-12-2-5-21(24)22-16-19(20-4-3-15-27-20)23-10-13-25-14-11-23/h3-4,6-9,15,19H,2,5,10-14,16H2,1H3,(H,22,24)/t19-/m0/s1. The number of rotatable bonds is 9. The van der Waals surface area contributed by atoms with Gasteiger partial charge in [0.2, 0.25) is 5.91 Å². The molecule has 0 aliphatic carbocycles. The number of thiophene rings is 1. The minimum atomic E-state index is 0.0809. The predicted molar refractivity (Wildman–Crippen MR) is 108 cm³/mol. The van der Waals surface area contributed by atoms with E-state index in [9.17, 15) is 4.79 Å². The van der Waals surface area contributed by atoms with Crippen molar-refractivity contribution in [3.8, 4) is 5.75 Å². The van der Waals surface area contributed by atoms with Gasteiger partial charge >= 0.3 is 0 Å². The molecule has 2 aromatic rings. The SMILES string of the molecule is Cc1ccc(OCCCC(=O)NC[C@@H](c2cccs2)N2CCOCC2)cc1. The van der Waals surface area contributed by atoms with Crippen LogP contribution in [0.5, 0.6) is 5.75 Å². The molecule has 5 nitrogen and oxygen atoms in total. The van der Waals surface area contributed by atoms with Crippen LogP contribution in [0.15, 0.2) is 41.8 Å². The van der Waals surface area contributed by atoms with Crippen molar-refractivity contribution < 1.29 is 14.3 Å². The van der Waals surface area contributed by atoms with Gasteiger partial charge < -0.3 is 14.8 Å². The first-order chi connectivity index (χ1) is 13.2. The van der Waals surface area contributed by atoms with Crippen molar-refractivity contribution in [1.82, 2.24) is 10.2 Å². The van der Waals surface area contributed by atoms with Gasteiger partial charge in [-0.15, -0.1) is 11.3 Å². The Bertz CT molecular complexity index is 682. The summed E-state index contributed by atoms with van der Waals surface area (Å²) in [7, 11) is 0. The number of carbonyl (C=O) groups is 1. The average Bonchev–Trinajstić information content (AvgIpc) is 3.22. The molecule has 2 heterocycles. The Morgan fingerprint density at radius 3 is 2.74 bits per heavy atom. The first-order valence-corrected chi connectivity index (χ1v) is 10.4. The number of carbonyl (C=O) groups excluding carboxylic acids is 1. The van der Waals surface area contributed by atoms with Crippen molar-refractivity contribution >= 4 is 17.2 Å². The summed E-state index contributed by atoms with van der Waals surface area (Å²) < 4.78 is 11.2. The van der Waals surface area contributed by atoms with E-state index in [1.54, 1.807) is 11.3 Å². The molecule has 6 heteroatoms. The molecule has 1 atom stereocenters. The Labute approximate surface area is 165 Å². The molecule has 0 unspecified atom stereocenters. The minimum absolute atomic E-state index is 0.0809. The molecule has 1 aliphatic heterocycles. The Morgan fingerprint density at radius 1 is 1.26 bits per heavy atom. The van der Waals surface area contributed by atoms with E-state index in [1.165, 1.54) is 10.4 Å². The second kappa shape index (κ2) is 10.4. The zero-order valence-electron chi connectivity index (χ0n) is 15.9. The van der Waals surface area contributed by atoms with Crippen molar-refractivity contribution in [2.75, 3.05) is 39.5 Å². The molecule has 1 aromatic carbocycles. The number of morpholine rings is 1. The van der Waals surface area contributed by atoms with Crippen LogP contribution in [0.1, 0.15) is 29.3 Å². The molecule has 0 bridgehead atoms. The summed E-state index contributed by atoms with van der Waals surface area (Å²) in [6, 6.07) is 12.4. The zero-order chi connectivity index (χ0) is 18.9. The van der Waals surface area contributed by atoms with Gasteiger partial charge in [-0.1, -0.05) is 23.8 Å². The summed E-state index contributed by atoms with van der Waals surface area (Å²) in [4.78, 5) is 15.9. The average molecular weight is 389 g/mol. The number of amides is 1. The molecule has 0 saturated carbocycles. The first-order valence-electron chi connectivity index (χ1n) is 9.54. The van der Waals surface area contributed by atoms with E-state index in [0.717, 1.165) is 32.1 Å². The fourth-order valence-corrected chi connectivity index (χ4v) is 4.00. The largest absolute Gasteiger partial charge is 0.494 e. The second-order valence-electron chi connectivity index (χ2n) is 6.75. The van der Waals surface area contributed by atoms with E-state index < -0.39 is 0 Å². The molecule has 3 rings (SSSR count). The lowest BCUT2D eigenvalue weighted by Crippen LogP contribution is -2.43. The van der Waals surface area contributed by atoms with E-state index in [0.29, 0.717) is 26.0 Å². The molecule has 1 saturated heterocycles. The van der Waals surface area contributed by atoms with Crippen LogP contribution in [-0.4, -0.2) is 50.3 Å². The van der Waals surface area contributed by atoms with Gasteiger partial charge in [-0.2, -0.15) is 0 Å². The lowest BCUT2D eigenvalue weighted by molar-refractivity contribution is -0.121. The van der Waals surface area contributed by atoms with Crippen molar-refractivity contribution in [2.45, 2.75) is 25.8 Å². The number of aryl methyl sites for hydroxylation is 1. The van der Waals surface area contributed by atoms with Gasteiger partial charge in [-0.25, -0.2) is 0 Å². The number of nitrogens with one attached hydrogen (secondary N) is 1. The van der Waals surface area contributed by atoms with E-state index in [1.807, 2.05) is 24.3 Å². The van der Waals surface area contributed by atoms with Gasteiger partial charge in [0.25, 0.3) is 0 Å². The first kappa shape index (κ1) is 19.9. The third kappa shape index (κ3) is 6.34. The summed E-state index contributed by atoms with van der Waals surface area (Å²) in [5, 5.41) is 5.19. The summed E-state index contributed by atoms with van der Waals surface area (Å²) in [5.41, 5.74) is 1.21. The summed E-state index contributed by atoms with van der Waals surface area (Å²) in [6.07, 6.45) is 1.19. The maximum Gasteiger partial charge on any atom is 0.220 e. The van der Waals surface area contributed by atoms with Crippen LogP contribution in [-0.2, 0) is 9.53 Å². The maximum absolute atomic E-state index is 12.2. The molecular weight excluding hydrogens is 360 g/mol. The van der Waals surface area contributed by atoms with Gasteiger partial charge in [0.1, 0.15) is 5.75 Å². The third-order valence-corrected chi connectivity index (χ3v) is 5.66. The van der Waals surface area contributed by atoms with E-state index in [-0.39, 0.29) is 11.9 Å². The predicted octanol–water partition coefficient (Wildman–Crippen LogP) is 3.41. The van der Waals surface area contributed by atoms with Crippen LogP contribution in [0.3, 0.4) is 0 Å². The number of ether oxygens (including phenoxy) is 2. The highest BCUT2D eigenvalue weighted by Gasteiger charge is 2.23. The van der Waals surface area contributed by atoms with E-state index in [4.69, 9.17) is 9.47 Å². The van der Waals surface area contributed by atoms with Crippen molar-refractivity contribution in [3.05, 3.63) is 52.2 Å². The highest BCUT2D eigenvalue weighted by Crippen LogP contribution is 2.25. The van der Waals surface area contributed by atoms with Crippen LogP contribution < -0.4 is 10.1 Å². The van der Waals surface area contributed by atoms with Crippen LogP contribution in [0.25, 0.3) is 0 Å². The van der Waals surface area contributed by atoms with Gasteiger partial charge in [-0.05, 0) is 36.9 Å². The molecule has 1 aliphatic rings. The molecule has 146 valence electrons. The topological polar surface area (TPSA) is 50.8 Å². The van der Waals surface area contributed by atoms with Crippen LogP contribution in [0, 0.1) is 6.92 Å². The van der Waals surface area contributed by atoms with Crippen molar-refractivity contribution in [3.63, 3.8) is 0 Å². The van der Waals surface area contributed by atoms with Gasteiger partial charge in [0.15, 0.2) is 0 Å². The quantitative estimate of drug-likeness (QED) is 0.669. The lowest BCUT2D eigenvalue weighted by Gasteiger charge is -2.34. The summed E-state index contributed by atoms with van der Waals surface area (Å²) in [6.45, 7) is 6.56. The Hall–Kier alpha value is -1.89. The van der Waals surface area contributed by atoms with Crippen LogP contribution in [0.4, 0.5) is 0 Å². The smallest absolute Gasteiger partial charge is 0.220 e. The molecule has 1 amide bonds. The van der Waals surface area contributed by atoms with Crippen LogP contribution in [0.2, 0.25) is 0 Å². The Morgan fingerprint density at radius 2 is 2.04 bits per heavy atom. The monoisotopic (exact) mass is 388 g/mol. The summed E-state index contributed by atoms with van der Waals surface area (Å²) >= 11 is 1.74. The highest BCUT2D eigenvalue weighted by molar-refractivity contribution is 7.10. The zero-order valence-corrected chi connectivity index (χ0v) is 16.7. The molecule has 0 radical (unpaired) electrons. The minimum Gasteiger partial charge on any atom is -0.494 e. The molecule has 1 aromatic heterocycles. The van der Waals surface area contributed by atoms with Crippen molar-refractivity contribution in [1.29, 1.82) is 0 Å². The molecule has 27 heavy (non-hydrogen) atoms. The number of nitrogens with zero attached hydrogens (tertiary/aromatic N) is 1. The molecular formula is C21H28N2O3S. The lowest BCUT2D eigenvalue weighted by atomic mass is 10.2. The Balaban J connectivity index is 1.40. The third-order valence-electron chi connectivity index (χ3n) is 4.69. The van der Waals surface area contributed by atoms with E-state index >= 15 is 0 Å². The fraction of sp³-hybridized carbons (Fsp3) is 0.476. The van der Waals surface area contributed by atoms with E-state index in [2.05, 4.69) is 34.7 Å². The normalized spacial score (nSPS) is 16.0. The number of benzene rings is 1. The number of hydrogen-bond donors (Lipinski definition) is 1. The molecule has 1 N–H and O–H groups in total.